The van der Waals surface area contributed by atoms with E-state index in [9.17, 15) is 13.2 Å². The van der Waals surface area contributed by atoms with Gasteiger partial charge in [0.25, 0.3) is 0 Å². The van der Waals surface area contributed by atoms with E-state index in [0.717, 1.165) is 25.1 Å². The molecule has 1 saturated heterocycles. The Morgan fingerprint density at radius 1 is 1.09 bits per heavy atom. The van der Waals surface area contributed by atoms with E-state index in [1.165, 1.54) is 24.6 Å². The molecular formula is C21H30N6O5S. The second-order valence-electron chi connectivity index (χ2n) is 8.36. The third-order valence-corrected chi connectivity index (χ3v) is 8.03. The van der Waals surface area contributed by atoms with Crippen LogP contribution in [0.15, 0.2) is 23.1 Å². The van der Waals surface area contributed by atoms with Crippen LogP contribution >= 0.6 is 0 Å². The molecule has 0 N–H and O–H groups in total. The predicted molar refractivity (Wildman–Crippen MR) is 120 cm³/mol. The molecule has 0 radical (unpaired) electrons. The summed E-state index contributed by atoms with van der Waals surface area (Å²) in [7, 11) is 2.54. The summed E-state index contributed by atoms with van der Waals surface area (Å²) in [5.41, 5.74) is 0. The Morgan fingerprint density at radius 3 is 2.58 bits per heavy atom. The van der Waals surface area contributed by atoms with Gasteiger partial charge in [0, 0.05) is 39.8 Å². The van der Waals surface area contributed by atoms with Crippen molar-refractivity contribution < 1.29 is 22.7 Å². The van der Waals surface area contributed by atoms with Crippen LogP contribution in [0.4, 0.5) is 4.79 Å². The van der Waals surface area contributed by atoms with Crippen LogP contribution in [-0.2, 0) is 23.1 Å². The van der Waals surface area contributed by atoms with Crippen LogP contribution in [0.2, 0.25) is 0 Å². The highest BCUT2D eigenvalue weighted by atomic mass is 32.2. The van der Waals surface area contributed by atoms with Gasteiger partial charge in [-0.05, 0) is 31.4 Å². The summed E-state index contributed by atoms with van der Waals surface area (Å²) < 4.78 is 40.7. The van der Waals surface area contributed by atoms with Gasteiger partial charge in [0.1, 0.15) is 22.2 Å². The number of rotatable bonds is 5. The third-order valence-electron chi connectivity index (χ3n) is 6.16. The van der Waals surface area contributed by atoms with Crippen molar-refractivity contribution in [1.82, 2.24) is 28.9 Å². The van der Waals surface area contributed by atoms with Crippen LogP contribution in [-0.4, -0.2) is 84.7 Å². The van der Waals surface area contributed by atoms with Gasteiger partial charge in [-0.15, -0.1) is 10.2 Å². The van der Waals surface area contributed by atoms with Gasteiger partial charge >= 0.3 is 6.03 Å². The molecule has 1 unspecified atom stereocenters. The molecule has 4 rings (SSSR count). The van der Waals surface area contributed by atoms with Gasteiger partial charge < -0.3 is 23.8 Å². The topological polar surface area (TPSA) is 110 Å². The maximum absolute atomic E-state index is 13.4. The van der Waals surface area contributed by atoms with Crippen LogP contribution < -0.4 is 9.47 Å². The lowest BCUT2D eigenvalue weighted by atomic mass is 10.0. The Balaban J connectivity index is 1.62. The van der Waals surface area contributed by atoms with Crippen molar-refractivity contribution in [3.63, 3.8) is 0 Å². The minimum atomic E-state index is -3.86. The minimum absolute atomic E-state index is 0.0487. The van der Waals surface area contributed by atoms with Crippen molar-refractivity contribution in [2.24, 2.45) is 0 Å². The Bertz CT molecular complexity index is 1130. The number of sulfonamides is 1. The van der Waals surface area contributed by atoms with E-state index in [2.05, 4.69) is 10.2 Å². The van der Waals surface area contributed by atoms with Gasteiger partial charge in [-0.3, -0.25) is 0 Å². The fourth-order valence-electron chi connectivity index (χ4n) is 4.42. The molecule has 1 atom stereocenters. The van der Waals surface area contributed by atoms with Crippen LogP contribution in [0, 0.1) is 0 Å². The first-order valence-electron chi connectivity index (χ1n) is 10.9. The third kappa shape index (κ3) is 4.24. The Kier molecular flexibility index (Phi) is 6.48. The number of carbonyl (C=O) groups is 1. The number of benzene rings is 1. The number of fused-ring (bicyclic) bond motifs is 1. The van der Waals surface area contributed by atoms with Gasteiger partial charge in [-0.25, -0.2) is 13.2 Å². The van der Waals surface area contributed by atoms with Crippen molar-refractivity contribution in [2.45, 2.75) is 43.3 Å². The van der Waals surface area contributed by atoms with Crippen molar-refractivity contribution in [2.75, 3.05) is 41.4 Å². The number of nitrogens with zero attached hydrogens (tertiary/aromatic N) is 6. The summed E-state index contributed by atoms with van der Waals surface area (Å²) in [6.07, 6.45) is 2.76. The summed E-state index contributed by atoms with van der Waals surface area (Å²) in [5, 5.41) is 8.70. The van der Waals surface area contributed by atoms with E-state index in [-0.39, 0.29) is 35.8 Å². The fourth-order valence-corrected chi connectivity index (χ4v) is 5.98. The number of likely N-dealkylation sites (tertiary alicyclic amines) is 1. The number of amides is 2. The minimum Gasteiger partial charge on any atom is -0.497 e. The first-order valence-corrected chi connectivity index (χ1v) is 12.3. The predicted octanol–water partition coefficient (Wildman–Crippen LogP) is 1.71. The second-order valence-corrected chi connectivity index (χ2v) is 10.3. The smallest absolute Gasteiger partial charge is 0.320 e. The number of ether oxygens (including phenoxy) is 2. The number of hydrogen-bond acceptors (Lipinski definition) is 7. The lowest BCUT2D eigenvalue weighted by molar-refractivity contribution is 0.123. The maximum atomic E-state index is 13.4. The standard InChI is InChI=1S/C21H30N6O5S/c1-24(2)21(28)26-10-6-5-7-16(26)20-23-22-19-14-25(11-12-27(19)20)33(29,30)18-13-15(31-3)8-9-17(18)32-4/h8-9,13,16H,5-7,10-12,14H2,1-4H3. The quantitative estimate of drug-likeness (QED) is 0.643. The molecule has 11 nitrogen and oxygen atoms in total. The highest BCUT2D eigenvalue weighted by molar-refractivity contribution is 7.89. The van der Waals surface area contributed by atoms with E-state index in [1.807, 2.05) is 9.47 Å². The summed E-state index contributed by atoms with van der Waals surface area (Å²) in [6, 6.07) is 4.47. The lowest BCUT2D eigenvalue weighted by Crippen LogP contribution is -2.45. The highest BCUT2D eigenvalue weighted by Crippen LogP contribution is 2.34. The number of piperidine rings is 1. The highest BCUT2D eigenvalue weighted by Gasteiger charge is 2.37. The zero-order valence-corrected chi connectivity index (χ0v) is 20.2. The molecule has 1 fully saturated rings. The summed E-state index contributed by atoms with van der Waals surface area (Å²) in [6.45, 7) is 1.42. The first-order chi connectivity index (χ1) is 15.8. The summed E-state index contributed by atoms with van der Waals surface area (Å²) >= 11 is 0. The molecule has 1 aromatic heterocycles. The van der Waals surface area contributed by atoms with Crippen LogP contribution in [0.25, 0.3) is 0 Å². The summed E-state index contributed by atoms with van der Waals surface area (Å²) in [4.78, 5) is 16.2. The molecule has 180 valence electrons. The van der Waals surface area contributed by atoms with E-state index < -0.39 is 10.0 Å². The number of methoxy groups -OCH3 is 2. The normalized spacial score (nSPS) is 19.2. The van der Waals surface area contributed by atoms with Gasteiger partial charge in [-0.1, -0.05) is 0 Å². The number of hydrogen-bond donors (Lipinski definition) is 0. The molecule has 0 spiro atoms. The van der Waals surface area contributed by atoms with Crippen LogP contribution in [0.3, 0.4) is 0 Å². The zero-order chi connectivity index (χ0) is 23.8. The number of aromatic nitrogens is 3. The summed E-state index contributed by atoms with van der Waals surface area (Å²) in [5.74, 6) is 1.96. The molecule has 2 aliphatic heterocycles. The molecule has 1 aromatic carbocycles. The fraction of sp³-hybridized carbons (Fsp3) is 0.571. The average Bonchev–Trinajstić information content (AvgIpc) is 3.26. The molecule has 2 aliphatic rings. The van der Waals surface area contributed by atoms with Gasteiger partial charge in [0.05, 0.1) is 26.8 Å². The van der Waals surface area contributed by atoms with E-state index >= 15 is 0 Å². The lowest BCUT2D eigenvalue weighted by Gasteiger charge is -2.37. The number of carbonyl (C=O) groups excluding carboxylic acids is 1. The van der Waals surface area contributed by atoms with Crippen LogP contribution in [0.1, 0.15) is 37.0 Å². The van der Waals surface area contributed by atoms with Crippen molar-refractivity contribution in [3.05, 3.63) is 29.8 Å². The molecule has 2 amide bonds. The van der Waals surface area contributed by atoms with Gasteiger partial charge in [-0.2, -0.15) is 4.31 Å². The molecule has 0 bridgehead atoms. The molecular weight excluding hydrogens is 448 g/mol. The van der Waals surface area contributed by atoms with Crippen molar-refractivity contribution in [3.8, 4) is 11.5 Å². The molecule has 0 saturated carbocycles. The number of urea groups is 1. The Hall–Kier alpha value is -2.86. The van der Waals surface area contributed by atoms with Gasteiger partial charge in [0.15, 0.2) is 5.82 Å². The average molecular weight is 479 g/mol. The molecule has 2 aromatic rings. The van der Waals surface area contributed by atoms with E-state index in [1.54, 1.807) is 31.1 Å². The SMILES string of the molecule is COc1ccc(OC)c(S(=O)(=O)N2CCn3c(nnc3C3CCCCN3C(=O)N(C)C)C2)c1. The van der Waals surface area contributed by atoms with Crippen molar-refractivity contribution >= 4 is 16.1 Å². The molecule has 33 heavy (non-hydrogen) atoms. The van der Waals surface area contributed by atoms with Gasteiger partial charge in [0.2, 0.25) is 10.0 Å². The molecule has 12 heteroatoms. The monoisotopic (exact) mass is 478 g/mol. The first kappa shape index (κ1) is 23.3. The Labute approximate surface area is 193 Å². The maximum Gasteiger partial charge on any atom is 0.320 e. The zero-order valence-electron chi connectivity index (χ0n) is 19.4. The van der Waals surface area contributed by atoms with E-state index in [0.29, 0.717) is 24.7 Å². The molecule has 0 aliphatic carbocycles. The van der Waals surface area contributed by atoms with Crippen molar-refractivity contribution in [1.29, 1.82) is 0 Å². The second kappa shape index (κ2) is 9.18. The van der Waals surface area contributed by atoms with E-state index in [4.69, 9.17) is 9.47 Å². The van der Waals surface area contributed by atoms with Crippen LogP contribution in [0.5, 0.6) is 11.5 Å². The Morgan fingerprint density at radius 2 is 1.88 bits per heavy atom. The largest absolute Gasteiger partial charge is 0.497 e. The molecule has 3 heterocycles.